The van der Waals surface area contributed by atoms with Gasteiger partial charge in [0.2, 0.25) is 5.60 Å². The van der Waals surface area contributed by atoms with Gasteiger partial charge >= 0.3 is 12.4 Å². The van der Waals surface area contributed by atoms with E-state index in [9.17, 15) is 30.7 Å². The number of hydrogen-bond donors (Lipinski definition) is 0. The molecule has 0 aromatic heterocycles. The Labute approximate surface area is 102 Å². The van der Waals surface area contributed by atoms with Gasteiger partial charge in [-0.2, -0.15) is 26.3 Å². The van der Waals surface area contributed by atoms with E-state index in [-0.39, 0.29) is 7.69 Å². The molecule has 2 nitrogen and oxygen atoms in total. The van der Waals surface area contributed by atoms with E-state index in [0.717, 1.165) is 0 Å². The lowest BCUT2D eigenvalue weighted by Crippen LogP contribution is -2.58. The molecule has 1 aliphatic rings. The van der Waals surface area contributed by atoms with Gasteiger partial charge in [0.15, 0.2) is 0 Å². The van der Waals surface area contributed by atoms with Crippen LogP contribution in [0.25, 0.3) is 0 Å². The van der Waals surface area contributed by atoms with Crippen molar-refractivity contribution in [3.63, 3.8) is 0 Å². The highest BCUT2D eigenvalue weighted by molar-refractivity contribution is 6.20. The van der Waals surface area contributed by atoms with Crippen molar-refractivity contribution >= 4 is 7.69 Å². The molecular formula is C9H3BF7O2-. The molecule has 19 heavy (non-hydrogen) atoms. The van der Waals surface area contributed by atoms with Crippen molar-refractivity contribution in [3.05, 3.63) is 29.6 Å². The Morgan fingerprint density at radius 3 is 2.11 bits per heavy atom. The Kier molecular flexibility index (Phi) is 2.96. The van der Waals surface area contributed by atoms with Crippen molar-refractivity contribution in [2.24, 2.45) is 0 Å². The Hall–Kier alpha value is -1.45. The summed E-state index contributed by atoms with van der Waals surface area (Å²) in [7, 11) is -0.108. The van der Waals surface area contributed by atoms with E-state index in [0.29, 0.717) is 18.2 Å². The fourth-order valence-electron chi connectivity index (χ4n) is 1.70. The highest BCUT2D eigenvalue weighted by atomic mass is 19.4. The summed E-state index contributed by atoms with van der Waals surface area (Å²) >= 11 is 0. The van der Waals surface area contributed by atoms with Crippen LogP contribution >= 0.6 is 0 Å². The van der Waals surface area contributed by atoms with Crippen LogP contribution in [-0.4, -0.2) is 20.0 Å². The number of halogens is 7. The maximum atomic E-state index is 12.9. The first-order chi connectivity index (χ1) is 8.59. The molecule has 0 N–H and O–H groups in total. The van der Waals surface area contributed by atoms with Crippen molar-refractivity contribution in [2.45, 2.75) is 18.0 Å². The van der Waals surface area contributed by atoms with Crippen LogP contribution in [0.2, 0.25) is 0 Å². The summed E-state index contributed by atoms with van der Waals surface area (Å²) in [6, 6.07) is 1.21. The van der Waals surface area contributed by atoms with Crippen LogP contribution in [0.4, 0.5) is 30.7 Å². The smallest absolute Gasteiger partial charge is 0.427 e. The summed E-state index contributed by atoms with van der Waals surface area (Å²) in [5.74, 6) is -1.94. The van der Waals surface area contributed by atoms with Crippen molar-refractivity contribution in [1.82, 2.24) is 0 Å². The van der Waals surface area contributed by atoms with Gasteiger partial charge in [0.25, 0.3) is 0 Å². The zero-order valence-corrected chi connectivity index (χ0v) is 8.77. The second-order valence-electron chi connectivity index (χ2n) is 3.65. The lowest BCUT2D eigenvalue weighted by Gasteiger charge is -2.48. The number of rotatable bonds is 0. The topological polar surface area (TPSA) is 18.5 Å². The van der Waals surface area contributed by atoms with Crippen LogP contribution in [0, 0.1) is 5.82 Å². The zero-order valence-electron chi connectivity index (χ0n) is 8.77. The highest BCUT2D eigenvalue weighted by Gasteiger charge is 2.72. The first kappa shape index (κ1) is 14.0. The molecule has 0 amide bonds. The SMILES string of the molecule is Fc1ccc2c(c1)O[B-]OC2(C(F)(F)F)C(F)(F)F. The van der Waals surface area contributed by atoms with E-state index in [4.69, 9.17) is 0 Å². The Morgan fingerprint density at radius 2 is 1.58 bits per heavy atom. The molecule has 0 atom stereocenters. The lowest BCUT2D eigenvalue weighted by molar-refractivity contribution is -0.370. The van der Waals surface area contributed by atoms with Gasteiger partial charge in [0.1, 0.15) is 5.82 Å². The molecule has 0 fully saturated rings. The largest absolute Gasteiger partial charge is 0.741 e. The minimum Gasteiger partial charge on any atom is -0.741 e. The van der Waals surface area contributed by atoms with Crippen LogP contribution in [0.3, 0.4) is 0 Å². The molecule has 2 rings (SSSR count). The molecule has 0 aliphatic carbocycles. The minimum absolute atomic E-state index is 0.108. The van der Waals surface area contributed by atoms with Crippen LogP contribution in [0.15, 0.2) is 18.2 Å². The Balaban J connectivity index is 2.73. The second-order valence-corrected chi connectivity index (χ2v) is 3.65. The summed E-state index contributed by atoms with van der Waals surface area (Å²) in [5.41, 5.74) is -5.92. The van der Waals surface area contributed by atoms with Gasteiger partial charge < -0.3 is 9.31 Å². The standard InChI is InChI=1S/C9H3BF7O2/c11-4-1-2-5-6(3-4)18-10-19-7(5,8(12,13)14)9(15,16)17/h1-3H/q-1. The average molecular weight is 287 g/mol. The quantitative estimate of drug-likeness (QED) is 0.539. The normalized spacial score (nSPS) is 18.7. The lowest BCUT2D eigenvalue weighted by atomic mass is 9.88. The van der Waals surface area contributed by atoms with E-state index < -0.39 is 35.1 Å². The first-order valence-electron chi connectivity index (χ1n) is 4.69. The molecule has 1 heterocycles. The fraction of sp³-hybridized carbons (Fsp3) is 0.333. The van der Waals surface area contributed by atoms with E-state index in [1.165, 1.54) is 0 Å². The van der Waals surface area contributed by atoms with E-state index >= 15 is 0 Å². The Bertz CT molecular complexity index is 482. The third-order valence-electron chi connectivity index (χ3n) is 2.52. The van der Waals surface area contributed by atoms with Gasteiger partial charge in [-0.1, -0.05) is 0 Å². The van der Waals surface area contributed by atoms with Crippen molar-refractivity contribution < 1.29 is 40.0 Å². The number of alkyl halides is 6. The predicted octanol–water partition coefficient (Wildman–Crippen LogP) is 3.09. The molecule has 1 aliphatic heterocycles. The van der Waals surface area contributed by atoms with Gasteiger partial charge in [-0.25, -0.2) is 4.39 Å². The molecule has 1 aromatic rings. The van der Waals surface area contributed by atoms with Gasteiger partial charge in [0, 0.05) is 11.6 Å². The summed E-state index contributed by atoms with van der Waals surface area (Å²) in [6.07, 6.45) is -11.6. The van der Waals surface area contributed by atoms with E-state index in [1.807, 2.05) is 0 Å². The van der Waals surface area contributed by atoms with Gasteiger partial charge in [-0.15, -0.1) is 0 Å². The summed E-state index contributed by atoms with van der Waals surface area (Å²) in [4.78, 5) is 0. The molecule has 0 saturated heterocycles. The number of fused-ring (bicyclic) bond motifs is 1. The number of benzene rings is 1. The van der Waals surface area contributed by atoms with Crippen LogP contribution < -0.4 is 4.65 Å². The predicted molar refractivity (Wildman–Crippen MR) is 47.7 cm³/mol. The van der Waals surface area contributed by atoms with E-state index in [2.05, 4.69) is 9.31 Å². The molecular weight excluding hydrogens is 284 g/mol. The van der Waals surface area contributed by atoms with Crippen molar-refractivity contribution in [2.75, 3.05) is 0 Å². The first-order valence-corrected chi connectivity index (χ1v) is 4.69. The molecule has 1 aromatic carbocycles. The molecule has 0 bridgehead atoms. The van der Waals surface area contributed by atoms with Gasteiger partial charge in [-0.3, -0.25) is 0 Å². The Morgan fingerprint density at radius 1 is 1.00 bits per heavy atom. The third kappa shape index (κ3) is 1.94. The molecule has 2 radical (unpaired) electrons. The molecule has 0 unspecified atom stereocenters. The van der Waals surface area contributed by atoms with Crippen LogP contribution in [-0.2, 0) is 10.3 Å². The average Bonchev–Trinajstić information content (AvgIpc) is 2.24. The van der Waals surface area contributed by atoms with Gasteiger partial charge in [0.05, 0.1) is 13.4 Å². The monoisotopic (exact) mass is 287 g/mol. The van der Waals surface area contributed by atoms with Crippen LogP contribution in [0.1, 0.15) is 5.56 Å². The maximum absolute atomic E-state index is 12.9. The summed E-state index contributed by atoms with van der Waals surface area (Å²) in [6.45, 7) is 0. The zero-order chi connectivity index (χ0) is 14.5. The highest BCUT2D eigenvalue weighted by Crippen LogP contribution is 2.56. The number of hydrogen-bond acceptors (Lipinski definition) is 2. The second kappa shape index (κ2) is 4.02. The molecule has 0 saturated carbocycles. The fourth-order valence-corrected chi connectivity index (χ4v) is 1.70. The molecule has 0 spiro atoms. The third-order valence-corrected chi connectivity index (χ3v) is 2.52. The van der Waals surface area contributed by atoms with Gasteiger partial charge in [-0.05, 0) is 12.1 Å². The molecule has 10 heteroatoms. The van der Waals surface area contributed by atoms with E-state index in [1.54, 1.807) is 0 Å². The molecule has 104 valence electrons. The van der Waals surface area contributed by atoms with Crippen LogP contribution in [0.5, 0.6) is 5.75 Å². The summed E-state index contributed by atoms with van der Waals surface area (Å²) < 4.78 is 98.1. The minimum atomic E-state index is -5.79. The van der Waals surface area contributed by atoms with Crippen molar-refractivity contribution in [1.29, 1.82) is 0 Å². The maximum Gasteiger partial charge on any atom is 0.427 e. The van der Waals surface area contributed by atoms with Crippen molar-refractivity contribution in [3.8, 4) is 5.75 Å². The summed E-state index contributed by atoms with van der Waals surface area (Å²) in [5, 5.41) is 0.